The van der Waals surface area contributed by atoms with E-state index in [1.807, 2.05) is 12.3 Å². The maximum absolute atomic E-state index is 12.3. The van der Waals surface area contributed by atoms with Gasteiger partial charge in [-0.15, -0.1) is 0 Å². The molecule has 2 unspecified atom stereocenters. The van der Waals surface area contributed by atoms with Gasteiger partial charge in [-0.3, -0.25) is 4.90 Å². The number of likely N-dealkylation sites (tertiary alicyclic amines) is 1. The predicted octanol–water partition coefficient (Wildman–Crippen LogP) is 4.15. The number of aromatic nitrogens is 2. The van der Waals surface area contributed by atoms with Gasteiger partial charge in [0.05, 0.1) is 17.3 Å². The van der Waals surface area contributed by atoms with Crippen LogP contribution in [0.5, 0.6) is 0 Å². The zero-order valence-electron chi connectivity index (χ0n) is 19.1. The van der Waals surface area contributed by atoms with E-state index in [-0.39, 0.29) is 12.0 Å². The first-order valence-corrected chi connectivity index (χ1v) is 11.7. The normalized spacial score (nSPS) is 19.1. The summed E-state index contributed by atoms with van der Waals surface area (Å²) in [5, 5.41) is 3.36. The van der Waals surface area contributed by atoms with Gasteiger partial charge in [0, 0.05) is 19.3 Å². The van der Waals surface area contributed by atoms with Crippen LogP contribution in [0, 0.1) is 0 Å². The molecular weight excluding hydrogens is 400 g/mol. The third-order valence-electron chi connectivity index (χ3n) is 6.48. The number of hydrogen-bond donors (Lipinski definition) is 2. The number of hydrogen-bond acceptors (Lipinski definition) is 7. The molecule has 4 rings (SSSR count). The summed E-state index contributed by atoms with van der Waals surface area (Å²) in [6.45, 7) is 8.44. The molecule has 2 atom stereocenters. The van der Waals surface area contributed by atoms with Gasteiger partial charge in [-0.1, -0.05) is 37.6 Å². The largest absolute Gasteiger partial charge is 0.370 e. The predicted molar refractivity (Wildman–Crippen MR) is 129 cm³/mol. The topological polar surface area (TPSA) is 87.4 Å². The quantitative estimate of drug-likeness (QED) is 0.453. The third-order valence-corrected chi connectivity index (χ3v) is 6.48. The van der Waals surface area contributed by atoms with E-state index in [9.17, 15) is 4.79 Å². The molecule has 0 amide bonds. The SMILES string of the molecule is CCCCNc1nc(N)nc2c1C(C=O)N(C(C)c1ccc(CN3CCCC3)cc1)C=C2. The lowest BCUT2D eigenvalue weighted by atomic mass is 9.97. The first-order chi connectivity index (χ1) is 15.6. The van der Waals surface area contributed by atoms with E-state index in [2.05, 4.69) is 63.2 Å². The number of unbranched alkanes of at least 4 members (excludes halogenated alkanes) is 1. The molecule has 2 aromatic rings. The molecule has 1 saturated heterocycles. The van der Waals surface area contributed by atoms with Crippen molar-refractivity contribution in [3.63, 3.8) is 0 Å². The Labute approximate surface area is 190 Å². The highest BCUT2D eigenvalue weighted by Crippen LogP contribution is 2.38. The molecule has 0 spiro atoms. The van der Waals surface area contributed by atoms with Crippen molar-refractivity contribution < 1.29 is 4.79 Å². The maximum atomic E-state index is 12.3. The van der Waals surface area contributed by atoms with Gasteiger partial charge in [-0.05, 0) is 56.5 Å². The van der Waals surface area contributed by atoms with Crippen LogP contribution in [0.25, 0.3) is 6.08 Å². The number of nitrogens with one attached hydrogen (secondary N) is 1. The van der Waals surface area contributed by atoms with E-state index in [4.69, 9.17) is 5.73 Å². The third kappa shape index (κ3) is 4.78. The highest BCUT2D eigenvalue weighted by molar-refractivity contribution is 5.74. The molecule has 3 N–H and O–H groups in total. The molecule has 0 radical (unpaired) electrons. The number of fused-ring (bicyclic) bond motifs is 1. The first-order valence-electron chi connectivity index (χ1n) is 11.7. The highest BCUT2D eigenvalue weighted by Gasteiger charge is 2.31. The zero-order valence-corrected chi connectivity index (χ0v) is 19.1. The van der Waals surface area contributed by atoms with Gasteiger partial charge >= 0.3 is 0 Å². The Hall–Kier alpha value is -2.93. The Bertz CT molecular complexity index is 952. The van der Waals surface area contributed by atoms with Crippen molar-refractivity contribution in [2.75, 3.05) is 30.7 Å². The van der Waals surface area contributed by atoms with Gasteiger partial charge in [0.15, 0.2) is 0 Å². The summed E-state index contributed by atoms with van der Waals surface area (Å²) in [7, 11) is 0. The smallest absolute Gasteiger partial charge is 0.222 e. The van der Waals surface area contributed by atoms with Gasteiger partial charge in [0.25, 0.3) is 0 Å². The van der Waals surface area contributed by atoms with Crippen molar-refractivity contribution in [1.29, 1.82) is 0 Å². The second-order valence-corrected chi connectivity index (χ2v) is 8.75. The number of nitrogen functional groups attached to an aromatic ring is 1. The van der Waals surface area contributed by atoms with Crippen LogP contribution < -0.4 is 11.1 Å². The molecule has 170 valence electrons. The Morgan fingerprint density at radius 3 is 2.66 bits per heavy atom. The maximum Gasteiger partial charge on any atom is 0.222 e. The molecule has 0 bridgehead atoms. The second kappa shape index (κ2) is 10.1. The number of carbonyl (C=O) groups is 1. The van der Waals surface area contributed by atoms with Crippen LogP contribution in [0.1, 0.15) is 74.0 Å². The summed E-state index contributed by atoms with van der Waals surface area (Å²) in [4.78, 5) is 25.7. The minimum Gasteiger partial charge on any atom is -0.370 e. The lowest BCUT2D eigenvalue weighted by Crippen LogP contribution is -2.32. The Balaban J connectivity index is 1.55. The van der Waals surface area contributed by atoms with Crippen LogP contribution in [-0.2, 0) is 11.3 Å². The van der Waals surface area contributed by atoms with Crippen LogP contribution in [0.15, 0.2) is 30.5 Å². The second-order valence-electron chi connectivity index (χ2n) is 8.75. The highest BCUT2D eigenvalue weighted by atomic mass is 16.1. The summed E-state index contributed by atoms with van der Waals surface area (Å²) >= 11 is 0. The molecule has 2 aliphatic rings. The average molecular weight is 435 g/mol. The van der Waals surface area contributed by atoms with Crippen LogP contribution >= 0.6 is 0 Å². The van der Waals surface area contributed by atoms with Crippen molar-refractivity contribution >= 4 is 24.1 Å². The molecule has 1 aromatic heterocycles. The van der Waals surface area contributed by atoms with Crippen molar-refractivity contribution in [2.24, 2.45) is 0 Å². The molecular formula is C25H34N6O. The molecule has 7 heteroatoms. The van der Waals surface area contributed by atoms with Gasteiger partial charge in [0.2, 0.25) is 5.95 Å². The van der Waals surface area contributed by atoms with Crippen LogP contribution in [0.2, 0.25) is 0 Å². The number of nitrogens with two attached hydrogens (primary N) is 1. The lowest BCUT2D eigenvalue weighted by Gasteiger charge is -2.36. The molecule has 3 heterocycles. The molecule has 0 saturated carbocycles. The van der Waals surface area contributed by atoms with E-state index in [0.29, 0.717) is 11.5 Å². The minimum atomic E-state index is -0.473. The van der Waals surface area contributed by atoms with E-state index >= 15 is 0 Å². The summed E-state index contributed by atoms with van der Waals surface area (Å²) in [5.74, 6) is 0.868. The number of aldehydes is 1. The standard InChI is InChI=1S/C25H34N6O/c1-3-4-12-27-24-23-21(28-25(26)29-24)11-15-31(22(23)17-32)18(2)20-9-7-19(8-10-20)16-30-13-5-6-14-30/h7-11,15,17-18,22H,3-6,12-14,16H2,1-2H3,(H3,26,27,28,29). The molecule has 32 heavy (non-hydrogen) atoms. The van der Waals surface area contributed by atoms with Crippen molar-refractivity contribution in [3.8, 4) is 0 Å². The zero-order chi connectivity index (χ0) is 22.5. The molecule has 0 aliphatic carbocycles. The number of benzene rings is 1. The molecule has 7 nitrogen and oxygen atoms in total. The van der Waals surface area contributed by atoms with Crippen molar-refractivity contribution in [3.05, 3.63) is 52.8 Å². The number of anilines is 2. The van der Waals surface area contributed by atoms with E-state index in [1.54, 1.807) is 0 Å². The van der Waals surface area contributed by atoms with Gasteiger partial charge in [-0.2, -0.15) is 4.98 Å². The molecule has 1 aromatic carbocycles. The Kier molecular flexibility index (Phi) is 7.05. The minimum absolute atomic E-state index is 0.0245. The lowest BCUT2D eigenvalue weighted by molar-refractivity contribution is -0.112. The monoisotopic (exact) mass is 434 g/mol. The van der Waals surface area contributed by atoms with E-state index < -0.39 is 6.04 Å². The fraction of sp³-hybridized carbons (Fsp3) is 0.480. The fourth-order valence-corrected chi connectivity index (χ4v) is 4.62. The summed E-state index contributed by atoms with van der Waals surface area (Å²) < 4.78 is 0. The number of nitrogens with zero attached hydrogens (tertiary/aromatic N) is 4. The fourth-order valence-electron chi connectivity index (χ4n) is 4.62. The number of rotatable bonds is 9. The average Bonchev–Trinajstić information content (AvgIpc) is 3.31. The summed E-state index contributed by atoms with van der Waals surface area (Å²) in [6.07, 6.45) is 9.55. The van der Waals surface area contributed by atoms with Crippen molar-refractivity contribution in [2.45, 2.75) is 58.2 Å². The summed E-state index contributed by atoms with van der Waals surface area (Å²) in [5.41, 5.74) is 9.94. The van der Waals surface area contributed by atoms with Crippen LogP contribution in [0.3, 0.4) is 0 Å². The van der Waals surface area contributed by atoms with Gasteiger partial charge < -0.3 is 20.7 Å². The van der Waals surface area contributed by atoms with Gasteiger partial charge in [-0.25, -0.2) is 4.98 Å². The number of carbonyl (C=O) groups excluding carboxylic acids is 1. The first kappa shape index (κ1) is 22.3. The van der Waals surface area contributed by atoms with Crippen LogP contribution in [-0.4, -0.2) is 45.7 Å². The Morgan fingerprint density at radius 2 is 1.97 bits per heavy atom. The summed E-state index contributed by atoms with van der Waals surface area (Å²) in [6, 6.07) is 8.34. The molecule has 2 aliphatic heterocycles. The van der Waals surface area contributed by atoms with E-state index in [1.165, 1.54) is 37.1 Å². The van der Waals surface area contributed by atoms with Gasteiger partial charge in [0.1, 0.15) is 18.1 Å². The Morgan fingerprint density at radius 1 is 1.22 bits per heavy atom. The van der Waals surface area contributed by atoms with E-state index in [0.717, 1.165) is 37.8 Å². The molecule has 1 fully saturated rings. The van der Waals surface area contributed by atoms with Crippen molar-refractivity contribution in [1.82, 2.24) is 19.8 Å². The van der Waals surface area contributed by atoms with Crippen LogP contribution in [0.4, 0.5) is 11.8 Å².